The van der Waals surface area contributed by atoms with Gasteiger partial charge in [-0.15, -0.1) is 0 Å². The number of carbonyl (C=O) groups is 1. The first-order valence-electron chi connectivity index (χ1n) is 7.88. The number of Topliss-reactive ketones (excluding diaryl/α,β-unsaturated/α-hetero) is 1. The largest absolute Gasteiger partial charge is 0.343 e. The van der Waals surface area contributed by atoms with Crippen molar-refractivity contribution in [1.29, 1.82) is 0 Å². The van der Waals surface area contributed by atoms with Crippen molar-refractivity contribution in [3.8, 4) is 0 Å². The van der Waals surface area contributed by atoms with E-state index in [1.807, 2.05) is 19.9 Å². The molecule has 0 bridgehead atoms. The lowest BCUT2D eigenvalue weighted by atomic mass is 10.1. The Hall–Kier alpha value is -1.94. The van der Waals surface area contributed by atoms with Crippen LogP contribution in [0.3, 0.4) is 0 Å². The van der Waals surface area contributed by atoms with E-state index in [-0.39, 0.29) is 23.7 Å². The molecule has 0 aliphatic carbocycles. The summed E-state index contributed by atoms with van der Waals surface area (Å²) in [6, 6.07) is 8.53. The zero-order chi connectivity index (χ0) is 17.2. The van der Waals surface area contributed by atoms with Gasteiger partial charge in [0.05, 0.1) is 6.54 Å². The normalized spacial score (nSPS) is 11.7. The van der Waals surface area contributed by atoms with Crippen LogP contribution in [0.5, 0.6) is 0 Å². The number of hydrogen-bond donors (Lipinski definition) is 1. The van der Waals surface area contributed by atoms with Crippen LogP contribution in [-0.2, 0) is 12.1 Å². The van der Waals surface area contributed by atoms with Gasteiger partial charge in [-0.05, 0) is 46.8 Å². The van der Waals surface area contributed by atoms with Crippen molar-refractivity contribution >= 4 is 5.78 Å². The third kappa shape index (κ3) is 3.88. The van der Waals surface area contributed by atoms with Gasteiger partial charge in [-0.2, -0.15) is 0 Å². The van der Waals surface area contributed by atoms with Crippen LogP contribution in [0.4, 0.5) is 4.39 Å². The zero-order valence-corrected chi connectivity index (χ0v) is 14.5. The molecule has 1 aromatic heterocycles. The Morgan fingerprint density at radius 2 is 1.87 bits per heavy atom. The second-order valence-corrected chi connectivity index (χ2v) is 6.91. The molecule has 0 fully saturated rings. The van der Waals surface area contributed by atoms with Crippen LogP contribution in [0.15, 0.2) is 30.3 Å². The summed E-state index contributed by atoms with van der Waals surface area (Å²) < 4.78 is 15.7. The molecule has 0 spiro atoms. The lowest BCUT2D eigenvalue weighted by Gasteiger charge is -2.25. The van der Waals surface area contributed by atoms with E-state index < -0.39 is 0 Å². The van der Waals surface area contributed by atoms with Crippen LogP contribution in [0.25, 0.3) is 0 Å². The first-order chi connectivity index (χ1) is 10.7. The molecule has 1 N–H and O–H groups in total. The molecule has 0 saturated carbocycles. The zero-order valence-electron chi connectivity index (χ0n) is 14.5. The Bertz CT molecular complexity index is 711. The van der Waals surface area contributed by atoms with Crippen molar-refractivity contribution in [2.45, 2.75) is 46.7 Å². The molecule has 0 unspecified atom stereocenters. The molecular weight excluding hydrogens is 291 g/mol. The highest BCUT2D eigenvalue weighted by Crippen LogP contribution is 2.24. The number of nitrogens with zero attached hydrogens (tertiary/aromatic N) is 1. The second-order valence-electron chi connectivity index (χ2n) is 6.91. The van der Waals surface area contributed by atoms with E-state index in [1.54, 1.807) is 18.2 Å². The Balaban J connectivity index is 2.06. The molecule has 124 valence electrons. The summed E-state index contributed by atoms with van der Waals surface area (Å²) in [6.07, 6.45) is 0. The highest BCUT2D eigenvalue weighted by atomic mass is 19.1. The maximum Gasteiger partial charge on any atom is 0.178 e. The van der Waals surface area contributed by atoms with Crippen LogP contribution < -0.4 is 5.32 Å². The molecule has 0 aliphatic rings. The van der Waals surface area contributed by atoms with Crippen LogP contribution in [0, 0.1) is 19.7 Å². The molecule has 1 heterocycles. The molecule has 3 nitrogen and oxygen atoms in total. The Kier molecular flexibility index (Phi) is 5.05. The van der Waals surface area contributed by atoms with Gasteiger partial charge in [0.2, 0.25) is 0 Å². The SMILES string of the molecule is Cc1cc(C(=O)CNCc2ccccc2F)c(C)n1C(C)(C)C. The summed E-state index contributed by atoms with van der Waals surface area (Å²) in [6.45, 7) is 10.9. The van der Waals surface area contributed by atoms with E-state index in [0.717, 1.165) is 17.0 Å². The van der Waals surface area contributed by atoms with Crippen LogP contribution in [0.2, 0.25) is 0 Å². The molecule has 0 aliphatic heterocycles. The number of benzene rings is 1. The van der Waals surface area contributed by atoms with E-state index in [4.69, 9.17) is 0 Å². The molecule has 0 amide bonds. The summed E-state index contributed by atoms with van der Waals surface area (Å²) in [5, 5.41) is 3.04. The highest BCUT2D eigenvalue weighted by molar-refractivity contribution is 5.99. The number of rotatable bonds is 5. The monoisotopic (exact) mass is 316 g/mol. The molecule has 2 rings (SSSR count). The van der Waals surface area contributed by atoms with Crippen molar-refractivity contribution in [3.05, 3.63) is 58.7 Å². The third-order valence-electron chi connectivity index (χ3n) is 3.96. The molecule has 4 heteroatoms. The Morgan fingerprint density at radius 3 is 2.43 bits per heavy atom. The van der Waals surface area contributed by atoms with Crippen LogP contribution >= 0.6 is 0 Å². The quantitative estimate of drug-likeness (QED) is 0.847. The van der Waals surface area contributed by atoms with Crippen molar-refractivity contribution in [3.63, 3.8) is 0 Å². The summed E-state index contributed by atoms with van der Waals surface area (Å²) >= 11 is 0. The maximum absolute atomic E-state index is 13.6. The van der Waals surface area contributed by atoms with E-state index in [2.05, 4.69) is 30.7 Å². The molecule has 23 heavy (non-hydrogen) atoms. The predicted molar refractivity (Wildman–Crippen MR) is 91.3 cm³/mol. The summed E-state index contributed by atoms with van der Waals surface area (Å²) in [4.78, 5) is 12.5. The average molecular weight is 316 g/mol. The molecular formula is C19H25FN2O. The smallest absolute Gasteiger partial charge is 0.178 e. The second kappa shape index (κ2) is 6.67. The number of carbonyl (C=O) groups excluding carboxylic acids is 1. The fraction of sp³-hybridized carbons (Fsp3) is 0.421. The minimum Gasteiger partial charge on any atom is -0.343 e. The number of aromatic nitrogens is 1. The van der Waals surface area contributed by atoms with Crippen LogP contribution in [-0.4, -0.2) is 16.9 Å². The molecule has 0 saturated heterocycles. The predicted octanol–water partition coefficient (Wildman–Crippen LogP) is 3.97. The van der Waals surface area contributed by atoms with E-state index in [0.29, 0.717) is 12.1 Å². The number of ketones is 1. The molecule has 2 aromatic rings. The minimum absolute atomic E-state index is 0.0324. The standard InChI is InChI=1S/C19H25FN2O/c1-13-10-16(14(2)22(13)19(3,4)5)18(23)12-21-11-15-8-6-7-9-17(15)20/h6-10,21H,11-12H2,1-5H3. The van der Waals surface area contributed by atoms with E-state index >= 15 is 0 Å². The molecule has 0 radical (unpaired) electrons. The van der Waals surface area contributed by atoms with Gasteiger partial charge < -0.3 is 9.88 Å². The van der Waals surface area contributed by atoms with Crippen molar-refractivity contribution in [2.24, 2.45) is 0 Å². The van der Waals surface area contributed by atoms with Crippen molar-refractivity contribution in [1.82, 2.24) is 9.88 Å². The van der Waals surface area contributed by atoms with Gasteiger partial charge in [-0.1, -0.05) is 18.2 Å². The van der Waals surface area contributed by atoms with Gasteiger partial charge in [0.15, 0.2) is 5.78 Å². The van der Waals surface area contributed by atoms with Crippen molar-refractivity contribution < 1.29 is 9.18 Å². The number of aryl methyl sites for hydroxylation is 1. The number of nitrogens with one attached hydrogen (secondary N) is 1. The van der Waals surface area contributed by atoms with Crippen molar-refractivity contribution in [2.75, 3.05) is 6.54 Å². The highest BCUT2D eigenvalue weighted by Gasteiger charge is 2.22. The topological polar surface area (TPSA) is 34.0 Å². The van der Waals surface area contributed by atoms with E-state index in [9.17, 15) is 9.18 Å². The molecule has 0 atom stereocenters. The Labute approximate surface area is 137 Å². The van der Waals surface area contributed by atoms with Gasteiger partial charge in [0, 0.05) is 34.6 Å². The van der Waals surface area contributed by atoms with E-state index in [1.165, 1.54) is 6.07 Å². The fourth-order valence-electron chi connectivity index (χ4n) is 3.12. The average Bonchev–Trinajstić information content (AvgIpc) is 2.75. The van der Waals surface area contributed by atoms with Gasteiger partial charge in [0.1, 0.15) is 5.82 Å². The lowest BCUT2D eigenvalue weighted by molar-refractivity contribution is 0.0990. The summed E-state index contributed by atoms with van der Waals surface area (Å²) in [5.41, 5.74) is 3.30. The van der Waals surface area contributed by atoms with Gasteiger partial charge in [0.25, 0.3) is 0 Å². The third-order valence-corrected chi connectivity index (χ3v) is 3.96. The number of halogens is 1. The summed E-state index contributed by atoms with van der Waals surface area (Å²) in [5.74, 6) is -0.219. The Morgan fingerprint density at radius 1 is 1.22 bits per heavy atom. The van der Waals surface area contributed by atoms with Gasteiger partial charge in [-0.25, -0.2) is 4.39 Å². The lowest BCUT2D eigenvalue weighted by Crippen LogP contribution is -2.26. The molecule has 1 aromatic carbocycles. The minimum atomic E-state index is -0.252. The summed E-state index contributed by atoms with van der Waals surface area (Å²) in [7, 11) is 0. The van der Waals surface area contributed by atoms with Gasteiger partial charge >= 0.3 is 0 Å². The fourth-order valence-corrected chi connectivity index (χ4v) is 3.12. The number of hydrogen-bond acceptors (Lipinski definition) is 2. The van der Waals surface area contributed by atoms with Gasteiger partial charge in [-0.3, -0.25) is 4.79 Å². The first-order valence-corrected chi connectivity index (χ1v) is 7.88. The first kappa shape index (κ1) is 17.4. The maximum atomic E-state index is 13.6. The van der Waals surface area contributed by atoms with Crippen LogP contribution in [0.1, 0.15) is 48.1 Å².